The van der Waals surface area contributed by atoms with E-state index in [4.69, 9.17) is 20.2 Å². The Morgan fingerprint density at radius 1 is 1.44 bits per heavy atom. The standard InChI is InChI=1S/C2H3O2.BH3O3.Na/c1-2(3)4;2-1(3)4;/h1H2,(H,3,4);2-4H;. The van der Waals surface area contributed by atoms with Crippen LogP contribution in [0.15, 0.2) is 0 Å². The van der Waals surface area contributed by atoms with Crippen molar-refractivity contribution in [3.63, 3.8) is 0 Å². The molecule has 0 heterocycles. The van der Waals surface area contributed by atoms with Gasteiger partial charge in [-0.05, 0) is 0 Å². The molecule has 0 aromatic carbocycles. The number of hydrogen-bond donors (Lipinski definition) is 4. The summed E-state index contributed by atoms with van der Waals surface area (Å²) in [5.74, 6) is -0.684. The molecule has 0 fully saturated rings. The van der Waals surface area contributed by atoms with Crippen molar-refractivity contribution in [3.8, 4) is 0 Å². The first-order valence-corrected chi connectivity index (χ1v) is 3.68. The number of rotatable bonds is 1. The van der Waals surface area contributed by atoms with Crippen LogP contribution in [0.2, 0.25) is 3.67 Å². The van der Waals surface area contributed by atoms with Gasteiger partial charge in [0.05, 0.1) is 0 Å². The summed E-state index contributed by atoms with van der Waals surface area (Å²) >= 11 is 0.774. The number of hydrogen-bond acceptors (Lipinski definition) is 4. The molecule has 0 amide bonds. The van der Waals surface area contributed by atoms with E-state index in [9.17, 15) is 4.79 Å². The molecule has 48 valence electrons. The van der Waals surface area contributed by atoms with E-state index in [1.54, 1.807) is 0 Å². The van der Waals surface area contributed by atoms with E-state index < -0.39 is 13.3 Å². The van der Waals surface area contributed by atoms with Gasteiger partial charge < -0.3 is 15.1 Å². The van der Waals surface area contributed by atoms with Gasteiger partial charge >= 0.3 is 54.8 Å². The zero-order valence-corrected chi connectivity index (χ0v) is 6.98. The molecule has 0 radical (unpaired) electrons. The van der Waals surface area contributed by atoms with E-state index in [1.807, 2.05) is 0 Å². The van der Waals surface area contributed by atoms with E-state index in [1.165, 1.54) is 0 Å². The number of carboxylic acid groups (broad SMARTS) is 1. The van der Waals surface area contributed by atoms with Gasteiger partial charge in [-0.25, -0.2) is 0 Å². The minimum atomic E-state index is -2.17. The van der Waals surface area contributed by atoms with Gasteiger partial charge in [-0.15, -0.1) is 0 Å². The first-order chi connectivity index (χ1) is 4.00. The second-order valence-electron chi connectivity index (χ2n) is 1.09. The van der Waals surface area contributed by atoms with Crippen LogP contribution < -0.4 is 0 Å². The predicted octanol–water partition coefficient (Wildman–Crippen LogP) is -2.39. The molecule has 0 unspecified atom stereocenters. The van der Waals surface area contributed by atoms with Crippen LogP contribution in [0.25, 0.3) is 0 Å². The Hall–Kier alpha value is 0.415. The summed E-state index contributed by atoms with van der Waals surface area (Å²) in [5, 5.41) is 29.3. The average Bonchev–Trinajstić information content (AvgIpc) is 1.65. The molecule has 0 aromatic rings. The Balaban J connectivity index is 0. The van der Waals surface area contributed by atoms with E-state index >= 15 is 0 Å². The fraction of sp³-hybridized carbons (Fsp3) is 0.500. The number of aliphatic carboxylic acids is 1. The third-order valence-electron chi connectivity index (χ3n) is 0.302. The van der Waals surface area contributed by atoms with Gasteiger partial charge in [0.25, 0.3) is 0 Å². The normalized spacial score (nSPS) is 7.22. The third kappa shape index (κ3) is 59.4. The molecule has 7 heteroatoms. The quantitative estimate of drug-likeness (QED) is 0.307. The molecule has 0 bridgehead atoms. The topological polar surface area (TPSA) is 98.0 Å². The van der Waals surface area contributed by atoms with Crippen LogP contribution in [-0.4, -0.2) is 61.4 Å². The Labute approximate surface area is 69.9 Å². The smallest absolute Gasteiger partial charge is 0.402 e. The van der Waals surface area contributed by atoms with Gasteiger partial charge in [0.2, 0.25) is 0 Å². The van der Waals surface area contributed by atoms with E-state index in [2.05, 4.69) is 0 Å². The second kappa shape index (κ2) is 8.41. The van der Waals surface area contributed by atoms with Crippen LogP contribution in [-0.2, 0) is 4.79 Å². The molecule has 0 atom stereocenters. The Kier molecular flexibility index (Phi) is 11.3. The minimum absolute atomic E-state index is 0.361. The third-order valence-corrected chi connectivity index (χ3v) is 0.907. The van der Waals surface area contributed by atoms with Gasteiger partial charge in [0.1, 0.15) is 0 Å². The molecular weight excluding hydrogens is 138 g/mol. The molecule has 0 aliphatic heterocycles. The van der Waals surface area contributed by atoms with Crippen LogP contribution in [0.5, 0.6) is 0 Å². The fourth-order valence-corrected chi connectivity index (χ4v) is 0. The van der Waals surface area contributed by atoms with Crippen molar-refractivity contribution < 1.29 is 25.0 Å². The van der Waals surface area contributed by atoms with Crippen LogP contribution >= 0.6 is 0 Å². The molecule has 0 spiro atoms. The van der Waals surface area contributed by atoms with Gasteiger partial charge in [-0.3, -0.25) is 0 Å². The number of carboxylic acids is 1. The molecule has 0 rings (SSSR count). The van der Waals surface area contributed by atoms with Gasteiger partial charge in [0.15, 0.2) is 0 Å². The SMILES string of the molecule is O=C(O)[CH2][Na].OB(O)O. The Morgan fingerprint density at radius 3 is 1.56 bits per heavy atom. The summed E-state index contributed by atoms with van der Waals surface area (Å²) in [4.78, 5) is 9.40. The van der Waals surface area contributed by atoms with Crippen molar-refractivity contribution >= 4 is 41.2 Å². The second-order valence-corrected chi connectivity index (χ2v) is 1.80. The number of carbonyl (C=O) groups is 1. The molecule has 0 aliphatic carbocycles. The van der Waals surface area contributed by atoms with E-state index in [0.29, 0.717) is 3.67 Å². The monoisotopic (exact) mass is 144 g/mol. The minimum Gasteiger partial charge on any atom is -0.402 e. The Morgan fingerprint density at radius 2 is 1.56 bits per heavy atom. The van der Waals surface area contributed by atoms with Crippen molar-refractivity contribution in [2.75, 3.05) is 0 Å². The van der Waals surface area contributed by atoms with Crippen LogP contribution in [0.4, 0.5) is 0 Å². The Bertz CT molecular complexity index is 72.6. The summed E-state index contributed by atoms with van der Waals surface area (Å²) in [6.07, 6.45) is 0. The zero-order chi connectivity index (χ0) is 7.86. The molecule has 0 saturated carbocycles. The largest absolute Gasteiger partial charge is 0.631 e. The van der Waals surface area contributed by atoms with Crippen molar-refractivity contribution in [2.24, 2.45) is 0 Å². The van der Waals surface area contributed by atoms with Crippen LogP contribution in [0.3, 0.4) is 0 Å². The summed E-state index contributed by atoms with van der Waals surface area (Å²) in [5.41, 5.74) is 0. The van der Waals surface area contributed by atoms with Crippen molar-refractivity contribution in [3.05, 3.63) is 0 Å². The van der Waals surface area contributed by atoms with Gasteiger partial charge in [-0.1, -0.05) is 0 Å². The van der Waals surface area contributed by atoms with Crippen molar-refractivity contribution in [2.45, 2.75) is 3.67 Å². The molecule has 0 aliphatic rings. The van der Waals surface area contributed by atoms with Crippen molar-refractivity contribution in [1.29, 1.82) is 0 Å². The molecule has 4 N–H and O–H groups in total. The summed E-state index contributed by atoms with van der Waals surface area (Å²) in [6.45, 7) is 0. The maximum absolute atomic E-state index is 9.40. The van der Waals surface area contributed by atoms with Crippen LogP contribution in [0.1, 0.15) is 0 Å². The predicted molar refractivity (Wildman–Crippen MR) is 30.6 cm³/mol. The van der Waals surface area contributed by atoms with Crippen LogP contribution in [0, 0.1) is 0 Å². The molecular formula is C2H6BNaO5. The maximum Gasteiger partial charge on any atom is 0.631 e. The summed E-state index contributed by atoms with van der Waals surface area (Å²) < 4.78 is 0.361. The molecule has 0 saturated heterocycles. The summed E-state index contributed by atoms with van der Waals surface area (Å²) in [7, 11) is -2.17. The fourth-order valence-electron chi connectivity index (χ4n) is 0. The van der Waals surface area contributed by atoms with Gasteiger partial charge in [0, 0.05) is 0 Å². The van der Waals surface area contributed by atoms with E-state index in [0.717, 1.165) is 27.9 Å². The van der Waals surface area contributed by atoms with E-state index in [-0.39, 0.29) is 0 Å². The van der Waals surface area contributed by atoms with Crippen molar-refractivity contribution in [1.82, 2.24) is 0 Å². The average molecular weight is 144 g/mol. The maximum atomic E-state index is 9.40. The molecule has 9 heavy (non-hydrogen) atoms. The zero-order valence-electron chi connectivity index (χ0n) is 4.98. The summed E-state index contributed by atoms with van der Waals surface area (Å²) in [6, 6.07) is 0. The first kappa shape index (κ1) is 12.1. The van der Waals surface area contributed by atoms with Gasteiger partial charge in [-0.2, -0.15) is 0 Å². The molecule has 0 aromatic heterocycles. The first-order valence-electron chi connectivity index (χ1n) is 2.26. The molecule has 5 nitrogen and oxygen atoms in total.